The van der Waals surface area contributed by atoms with E-state index in [1.165, 1.54) is 31.1 Å². The van der Waals surface area contributed by atoms with E-state index >= 15 is 0 Å². The van der Waals surface area contributed by atoms with Gasteiger partial charge in [-0.05, 0) is 62.7 Å². The Labute approximate surface area is 158 Å². The molecule has 1 aliphatic rings. The van der Waals surface area contributed by atoms with Gasteiger partial charge in [0, 0.05) is 6.54 Å². The van der Waals surface area contributed by atoms with Crippen LogP contribution in [-0.2, 0) is 0 Å². The second-order valence-corrected chi connectivity index (χ2v) is 7.55. The third-order valence-corrected chi connectivity index (χ3v) is 5.88. The number of carbonyl (C=O) groups excluding carboxylic acids is 2. The van der Waals surface area contributed by atoms with Crippen molar-refractivity contribution >= 4 is 23.0 Å². The van der Waals surface area contributed by atoms with Crippen LogP contribution < -0.4 is 10.1 Å². The van der Waals surface area contributed by atoms with Crippen molar-refractivity contribution in [2.45, 2.75) is 25.8 Å². The number of nitrogens with one attached hydrogen (secondary N) is 1. The molecule has 0 aliphatic carbocycles. The first-order valence-corrected chi connectivity index (χ1v) is 9.67. The minimum absolute atomic E-state index is 0.0135. The van der Waals surface area contributed by atoms with Crippen molar-refractivity contribution in [2.24, 2.45) is 0 Å². The van der Waals surface area contributed by atoms with Crippen molar-refractivity contribution in [3.05, 3.63) is 51.7 Å². The van der Waals surface area contributed by atoms with E-state index in [1.54, 1.807) is 19.2 Å². The second-order valence-electron chi connectivity index (χ2n) is 6.47. The van der Waals surface area contributed by atoms with Gasteiger partial charge in [0.2, 0.25) is 0 Å². The average Bonchev–Trinajstić information content (AvgIpc) is 3.34. The molecule has 6 heteroatoms. The summed E-state index contributed by atoms with van der Waals surface area (Å²) in [7, 11) is 1.66. The Kier molecular flexibility index (Phi) is 6.06. The van der Waals surface area contributed by atoms with Crippen LogP contribution in [0.4, 0.5) is 0 Å². The first kappa shape index (κ1) is 18.6. The Hall–Kier alpha value is -2.18. The number of ketones is 1. The van der Waals surface area contributed by atoms with Crippen LogP contribution in [-0.4, -0.2) is 43.3 Å². The highest BCUT2D eigenvalue weighted by Crippen LogP contribution is 2.27. The van der Waals surface area contributed by atoms with Crippen LogP contribution in [0, 0.1) is 0 Å². The Bertz CT molecular complexity index is 781. The zero-order chi connectivity index (χ0) is 18.5. The number of thiophene rings is 1. The number of methoxy groups -OCH3 is 1. The predicted molar refractivity (Wildman–Crippen MR) is 103 cm³/mol. The number of rotatable bonds is 7. The molecule has 0 bridgehead atoms. The lowest BCUT2D eigenvalue weighted by atomic mass is 10.0. The highest BCUT2D eigenvalue weighted by Gasteiger charge is 2.24. The monoisotopic (exact) mass is 372 g/mol. The highest BCUT2D eigenvalue weighted by atomic mass is 32.1. The summed E-state index contributed by atoms with van der Waals surface area (Å²) in [5.74, 6) is 0.678. The van der Waals surface area contributed by atoms with Gasteiger partial charge in [0.15, 0.2) is 5.78 Å². The predicted octanol–water partition coefficient (Wildman–Crippen LogP) is 3.53. The summed E-state index contributed by atoms with van der Waals surface area (Å²) in [4.78, 5) is 27.5. The van der Waals surface area contributed by atoms with Crippen LogP contribution in [0.25, 0.3) is 0 Å². The molecule has 0 saturated carbocycles. The quantitative estimate of drug-likeness (QED) is 0.756. The number of amides is 1. The average molecular weight is 372 g/mol. The van der Waals surface area contributed by atoms with Crippen LogP contribution >= 0.6 is 11.3 Å². The molecular formula is C20H24N2O3S. The summed E-state index contributed by atoms with van der Waals surface area (Å²) in [5.41, 5.74) is 1.14. The van der Waals surface area contributed by atoms with Gasteiger partial charge in [0.1, 0.15) is 5.75 Å². The molecule has 2 aromatic rings. The van der Waals surface area contributed by atoms with Gasteiger partial charge in [-0.2, -0.15) is 0 Å². The molecule has 1 fully saturated rings. The summed E-state index contributed by atoms with van der Waals surface area (Å²) in [6.07, 6.45) is 2.36. The molecule has 0 spiro atoms. The molecule has 1 aromatic carbocycles. The van der Waals surface area contributed by atoms with Crippen LogP contribution in [0.3, 0.4) is 0 Å². The first-order valence-electron chi connectivity index (χ1n) is 8.85. The SMILES string of the molecule is COc1cccc([C@H](CNC(=O)c2ccc(C(C)=O)s2)N2CCCC2)c1. The van der Waals surface area contributed by atoms with Crippen molar-refractivity contribution in [1.29, 1.82) is 0 Å². The van der Waals surface area contributed by atoms with Gasteiger partial charge in [-0.3, -0.25) is 14.5 Å². The molecule has 1 aliphatic heterocycles. The fourth-order valence-electron chi connectivity index (χ4n) is 3.29. The normalized spacial score (nSPS) is 15.6. The minimum atomic E-state index is -0.130. The van der Waals surface area contributed by atoms with Crippen molar-refractivity contribution in [3.63, 3.8) is 0 Å². The van der Waals surface area contributed by atoms with E-state index < -0.39 is 0 Å². The molecule has 1 saturated heterocycles. The Morgan fingerprint density at radius 2 is 1.92 bits per heavy atom. The topological polar surface area (TPSA) is 58.6 Å². The molecule has 26 heavy (non-hydrogen) atoms. The number of ether oxygens (including phenoxy) is 1. The van der Waals surface area contributed by atoms with Crippen LogP contribution in [0.5, 0.6) is 5.75 Å². The van der Waals surface area contributed by atoms with E-state index in [0.29, 0.717) is 16.3 Å². The molecule has 1 amide bonds. The maximum absolute atomic E-state index is 12.5. The molecule has 1 atom stereocenters. The lowest BCUT2D eigenvalue weighted by Crippen LogP contribution is -2.36. The van der Waals surface area contributed by atoms with Gasteiger partial charge < -0.3 is 10.1 Å². The lowest BCUT2D eigenvalue weighted by Gasteiger charge is -2.28. The molecule has 5 nitrogen and oxygen atoms in total. The van der Waals surface area contributed by atoms with Gasteiger partial charge in [0.25, 0.3) is 5.91 Å². The van der Waals surface area contributed by atoms with Gasteiger partial charge in [-0.25, -0.2) is 0 Å². The maximum atomic E-state index is 12.5. The largest absolute Gasteiger partial charge is 0.497 e. The van der Waals surface area contributed by atoms with E-state index in [1.807, 2.05) is 18.2 Å². The summed E-state index contributed by atoms with van der Waals surface area (Å²) in [5, 5.41) is 3.04. The van der Waals surface area contributed by atoms with Crippen LogP contribution in [0.2, 0.25) is 0 Å². The van der Waals surface area contributed by atoms with E-state index in [9.17, 15) is 9.59 Å². The standard InChI is InChI=1S/C20H24N2O3S/c1-14(23)18-8-9-19(26-18)20(24)21-13-17(22-10-3-4-11-22)15-6-5-7-16(12-15)25-2/h5-9,12,17H,3-4,10-11,13H2,1-2H3,(H,21,24)/t17-/m0/s1. The summed E-state index contributed by atoms with van der Waals surface area (Å²) >= 11 is 1.24. The van der Waals surface area contributed by atoms with Gasteiger partial charge in [-0.15, -0.1) is 11.3 Å². The Morgan fingerprint density at radius 1 is 1.19 bits per heavy atom. The van der Waals surface area contributed by atoms with Crippen molar-refractivity contribution in [1.82, 2.24) is 10.2 Å². The van der Waals surface area contributed by atoms with E-state index in [0.717, 1.165) is 24.4 Å². The number of Topliss-reactive ketones (excluding diaryl/α,β-unsaturated/α-hetero) is 1. The molecule has 138 valence electrons. The molecule has 2 heterocycles. The number of nitrogens with zero attached hydrogens (tertiary/aromatic N) is 1. The first-order chi connectivity index (χ1) is 12.6. The molecule has 1 N–H and O–H groups in total. The van der Waals surface area contributed by atoms with Crippen LogP contribution in [0.1, 0.15) is 50.7 Å². The summed E-state index contributed by atoms with van der Waals surface area (Å²) in [6.45, 7) is 4.11. The zero-order valence-corrected chi connectivity index (χ0v) is 16.0. The van der Waals surface area contributed by atoms with Crippen molar-refractivity contribution < 1.29 is 14.3 Å². The highest BCUT2D eigenvalue weighted by molar-refractivity contribution is 7.15. The minimum Gasteiger partial charge on any atom is -0.497 e. The number of likely N-dealkylation sites (tertiary alicyclic amines) is 1. The van der Waals surface area contributed by atoms with E-state index in [2.05, 4.69) is 16.3 Å². The summed E-state index contributed by atoms with van der Waals surface area (Å²) < 4.78 is 5.35. The van der Waals surface area contributed by atoms with E-state index in [4.69, 9.17) is 4.74 Å². The fraction of sp³-hybridized carbons (Fsp3) is 0.400. The molecular weight excluding hydrogens is 348 g/mol. The Balaban J connectivity index is 1.72. The number of benzene rings is 1. The third kappa shape index (κ3) is 4.31. The second kappa shape index (κ2) is 8.47. The van der Waals surface area contributed by atoms with Gasteiger partial charge in [0.05, 0.1) is 22.9 Å². The lowest BCUT2D eigenvalue weighted by molar-refractivity contribution is 0.0941. The molecule has 1 aromatic heterocycles. The van der Waals surface area contributed by atoms with Crippen LogP contribution in [0.15, 0.2) is 36.4 Å². The third-order valence-electron chi connectivity index (χ3n) is 4.69. The van der Waals surface area contributed by atoms with E-state index in [-0.39, 0.29) is 17.7 Å². The van der Waals surface area contributed by atoms with Crippen molar-refractivity contribution in [2.75, 3.05) is 26.7 Å². The summed E-state index contributed by atoms with van der Waals surface area (Å²) in [6, 6.07) is 11.6. The fourth-order valence-corrected chi connectivity index (χ4v) is 4.10. The molecule has 0 radical (unpaired) electrons. The number of carbonyl (C=O) groups is 2. The van der Waals surface area contributed by atoms with Crippen molar-refractivity contribution in [3.8, 4) is 5.75 Å². The van der Waals surface area contributed by atoms with Gasteiger partial charge in [-0.1, -0.05) is 12.1 Å². The molecule has 0 unspecified atom stereocenters. The number of hydrogen-bond donors (Lipinski definition) is 1. The van der Waals surface area contributed by atoms with Gasteiger partial charge >= 0.3 is 0 Å². The maximum Gasteiger partial charge on any atom is 0.261 e. The smallest absolute Gasteiger partial charge is 0.261 e. The Morgan fingerprint density at radius 3 is 2.58 bits per heavy atom. The molecule has 3 rings (SSSR count). The number of hydrogen-bond acceptors (Lipinski definition) is 5. The zero-order valence-electron chi connectivity index (χ0n) is 15.2.